The van der Waals surface area contributed by atoms with E-state index in [0.717, 1.165) is 27.8 Å². The highest BCUT2D eigenvalue weighted by atomic mass is 16.7. The first-order chi connectivity index (χ1) is 28.5. The molecule has 7 rings (SSSR count). The van der Waals surface area contributed by atoms with E-state index in [1.807, 2.05) is 152 Å². The molecule has 6 aromatic rings. The first-order valence-corrected chi connectivity index (χ1v) is 19.2. The summed E-state index contributed by atoms with van der Waals surface area (Å²) >= 11 is 0. The van der Waals surface area contributed by atoms with Crippen LogP contribution in [0.25, 0.3) is 0 Å². The monoisotopic (exact) mass is 782 g/mol. The van der Waals surface area contributed by atoms with Crippen LogP contribution in [0.2, 0.25) is 0 Å². The Morgan fingerprint density at radius 3 is 1.34 bits per heavy atom. The second-order valence-corrected chi connectivity index (χ2v) is 13.8. The van der Waals surface area contributed by atoms with Gasteiger partial charge in [0.05, 0.1) is 25.4 Å². The highest BCUT2D eigenvalue weighted by Gasteiger charge is 2.49. The molecule has 10 nitrogen and oxygen atoms in total. The predicted octanol–water partition coefficient (Wildman–Crippen LogP) is 7.83. The van der Waals surface area contributed by atoms with Gasteiger partial charge in [0.2, 0.25) is 5.75 Å². The molecule has 1 fully saturated rings. The third kappa shape index (κ3) is 10.9. The van der Waals surface area contributed by atoms with Crippen LogP contribution in [0.4, 0.5) is 0 Å². The van der Waals surface area contributed by atoms with Crippen LogP contribution in [-0.2, 0) is 52.0 Å². The summed E-state index contributed by atoms with van der Waals surface area (Å²) in [6, 6.07) is 51.0. The molecular weight excluding hydrogens is 737 g/mol. The molecule has 1 heterocycles. The van der Waals surface area contributed by atoms with Crippen molar-refractivity contribution in [2.45, 2.75) is 63.7 Å². The van der Waals surface area contributed by atoms with E-state index in [1.54, 1.807) is 12.1 Å². The zero-order valence-electron chi connectivity index (χ0n) is 31.9. The number of benzene rings is 6. The number of hydrogen-bond donors (Lipinski definition) is 2. The lowest BCUT2D eigenvalue weighted by atomic mass is 9.98. The standard InChI is InChI=1S/C48H46O10/c49-28-42-43(50)45(46(55-32-37-22-12-4-13-23-37)48(57-42)56-33-38-24-14-5-15-25-38)58-47(51)39-26-40(52-29-34-16-6-1-7-17-34)44(54-31-36-20-10-3-11-21-36)41(27-39)53-30-35-18-8-2-9-19-35/h1-27,42-43,45-46,48-50H,28-33H2/t42-,43-,45+,46-,48-/m1/s1. The summed E-state index contributed by atoms with van der Waals surface area (Å²) in [5.74, 6) is -0.00309. The van der Waals surface area contributed by atoms with Crippen molar-refractivity contribution in [3.05, 3.63) is 197 Å². The molecule has 298 valence electrons. The van der Waals surface area contributed by atoms with Crippen molar-refractivity contribution in [2.75, 3.05) is 6.61 Å². The fraction of sp³-hybridized carbons (Fsp3) is 0.229. The minimum absolute atomic E-state index is 0.0704. The lowest BCUT2D eigenvalue weighted by Crippen LogP contribution is -2.61. The molecule has 0 bridgehead atoms. The molecule has 0 amide bonds. The van der Waals surface area contributed by atoms with Crippen LogP contribution in [0.15, 0.2) is 164 Å². The van der Waals surface area contributed by atoms with Crippen LogP contribution in [-0.4, -0.2) is 53.5 Å². The van der Waals surface area contributed by atoms with Crippen molar-refractivity contribution in [2.24, 2.45) is 0 Å². The maximum atomic E-state index is 14.4. The van der Waals surface area contributed by atoms with Crippen LogP contribution < -0.4 is 14.2 Å². The van der Waals surface area contributed by atoms with Gasteiger partial charge in [-0.05, 0) is 39.9 Å². The summed E-state index contributed by atoms with van der Waals surface area (Å²) in [5.41, 5.74) is 4.51. The van der Waals surface area contributed by atoms with Gasteiger partial charge >= 0.3 is 5.97 Å². The number of hydrogen-bond acceptors (Lipinski definition) is 10. The Balaban J connectivity index is 1.22. The first kappa shape index (κ1) is 40.2. The quantitative estimate of drug-likeness (QED) is 0.0835. The maximum Gasteiger partial charge on any atom is 0.338 e. The second kappa shape index (κ2) is 20.4. The van der Waals surface area contributed by atoms with Gasteiger partial charge in [-0.15, -0.1) is 0 Å². The number of ether oxygens (including phenoxy) is 7. The lowest BCUT2D eigenvalue weighted by Gasteiger charge is -2.43. The molecule has 0 aromatic heterocycles. The van der Waals surface area contributed by atoms with Crippen LogP contribution in [0, 0.1) is 0 Å². The fourth-order valence-electron chi connectivity index (χ4n) is 6.45. The van der Waals surface area contributed by atoms with Gasteiger partial charge in [-0.1, -0.05) is 152 Å². The summed E-state index contributed by atoms with van der Waals surface area (Å²) in [7, 11) is 0. The Kier molecular flexibility index (Phi) is 14.2. The molecule has 1 aliphatic rings. The summed E-state index contributed by atoms with van der Waals surface area (Å²) in [6.45, 7) is 0.231. The molecule has 0 saturated carbocycles. The van der Waals surface area contributed by atoms with E-state index in [1.165, 1.54) is 0 Å². The van der Waals surface area contributed by atoms with Crippen LogP contribution in [0.1, 0.15) is 38.2 Å². The van der Waals surface area contributed by atoms with Gasteiger partial charge in [-0.25, -0.2) is 4.79 Å². The maximum absolute atomic E-state index is 14.4. The summed E-state index contributed by atoms with van der Waals surface area (Å²) < 4.78 is 44.0. The van der Waals surface area contributed by atoms with Crippen molar-refractivity contribution in [3.63, 3.8) is 0 Å². The zero-order chi connectivity index (χ0) is 39.9. The molecule has 1 aliphatic heterocycles. The minimum Gasteiger partial charge on any atom is -0.485 e. The Bertz CT molecular complexity index is 2070. The molecule has 0 spiro atoms. The van der Waals surface area contributed by atoms with Crippen molar-refractivity contribution < 1.29 is 48.2 Å². The number of carbonyl (C=O) groups excluding carboxylic acids is 1. The number of rotatable bonds is 18. The zero-order valence-corrected chi connectivity index (χ0v) is 31.9. The van der Waals surface area contributed by atoms with Gasteiger partial charge in [0.1, 0.15) is 38.1 Å². The average molecular weight is 783 g/mol. The Morgan fingerprint density at radius 2 is 0.914 bits per heavy atom. The molecule has 0 radical (unpaired) electrons. The largest absolute Gasteiger partial charge is 0.485 e. The van der Waals surface area contributed by atoms with Gasteiger partial charge in [-0.2, -0.15) is 0 Å². The summed E-state index contributed by atoms with van der Waals surface area (Å²) in [4.78, 5) is 14.4. The third-order valence-electron chi connectivity index (χ3n) is 9.54. The fourth-order valence-corrected chi connectivity index (χ4v) is 6.45. The van der Waals surface area contributed by atoms with E-state index in [9.17, 15) is 15.0 Å². The van der Waals surface area contributed by atoms with Gasteiger partial charge in [0.15, 0.2) is 23.9 Å². The van der Waals surface area contributed by atoms with Crippen molar-refractivity contribution in [1.29, 1.82) is 0 Å². The van der Waals surface area contributed by atoms with E-state index in [2.05, 4.69) is 0 Å². The molecule has 10 heteroatoms. The lowest BCUT2D eigenvalue weighted by molar-refractivity contribution is -0.313. The van der Waals surface area contributed by atoms with Crippen molar-refractivity contribution in [1.82, 2.24) is 0 Å². The molecule has 58 heavy (non-hydrogen) atoms. The predicted molar refractivity (Wildman–Crippen MR) is 216 cm³/mol. The number of aliphatic hydroxyl groups excluding tert-OH is 2. The highest BCUT2D eigenvalue weighted by molar-refractivity contribution is 5.91. The number of carbonyl (C=O) groups is 1. The molecule has 0 aliphatic carbocycles. The van der Waals surface area contributed by atoms with Crippen molar-refractivity contribution in [3.8, 4) is 17.2 Å². The average Bonchev–Trinajstić information content (AvgIpc) is 3.28. The van der Waals surface area contributed by atoms with Crippen LogP contribution in [0.5, 0.6) is 17.2 Å². The molecule has 1 saturated heterocycles. The van der Waals surface area contributed by atoms with Gasteiger partial charge in [-0.3, -0.25) is 0 Å². The van der Waals surface area contributed by atoms with Gasteiger partial charge in [0, 0.05) is 0 Å². The summed E-state index contributed by atoms with van der Waals surface area (Å²) in [5, 5.41) is 21.9. The van der Waals surface area contributed by atoms with E-state index < -0.39 is 43.3 Å². The Labute approximate surface area is 338 Å². The van der Waals surface area contributed by atoms with E-state index in [-0.39, 0.29) is 50.1 Å². The molecule has 0 unspecified atom stereocenters. The topological polar surface area (TPSA) is 122 Å². The summed E-state index contributed by atoms with van der Waals surface area (Å²) in [6.07, 6.45) is -6.15. The first-order valence-electron chi connectivity index (χ1n) is 19.2. The van der Waals surface area contributed by atoms with E-state index >= 15 is 0 Å². The SMILES string of the molecule is O=C(O[C@H]1[C@H](O)[C@@H](CO)O[C@@H](OCc2ccccc2)[C@@H]1OCc1ccccc1)c1cc(OCc2ccccc2)c(OCc2ccccc2)c(OCc2ccccc2)c1. The Hall–Kier alpha value is -6.01. The minimum atomic E-state index is -1.47. The molecule has 6 aromatic carbocycles. The Morgan fingerprint density at radius 1 is 0.517 bits per heavy atom. The van der Waals surface area contributed by atoms with Gasteiger partial charge < -0.3 is 43.4 Å². The van der Waals surface area contributed by atoms with Crippen LogP contribution in [0.3, 0.4) is 0 Å². The molecule has 2 N–H and O–H groups in total. The second-order valence-electron chi connectivity index (χ2n) is 13.8. The van der Waals surface area contributed by atoms with Crippen molar-refractivity contribution >= 4 is 5.97 Å². The number of aliphatic hydroxyl groups is 2. The molecule has 5 atom stereocenters. The number of esters is 1. The smallest absolute Gasteiger partial charge is 0.338 e. The van der Waals surface area contributed by atoms with E-state index in [0.29, 0.717) is 5.75 Å². The third-order valence-corrected chi connectivity index (χ3v) is 9.54. The normalized spacial score (nSPS) is 18.9. The van der Waals surface area contributed by atoms with E-state index in [4.69, 9.17) is 33.2 Å². The highest BCUT2D eigenvalue weighted by Crippen LogP contribution is 2.41. The molecular formula is C48H46O10. The van der Waals surface area contributed by atoms with Crippen LogP contribution >= 0.6 is 0 Å². The van der Waals surface area contributed by atoms with Gasteiger partial charge in [0.25, 0.3) is 0 Å².